The van der Waals surface area contributed by atoms with E-state index in [0.717, 1.165) is 33.8 Å². The van der Waals surface area contributed by atoms with Gasteiger partial charge in [-0.15, -0.1) is 0 Å². The van der Waals surface area contributed by atoms with Gasteiger partial charge in [0.2, 0.25) is 5.88 Å². The van der Waals surface area contributed by atoms with Crippen LogP contribution in [0.4, 0.5) is 0 Å². The van der Waals surface area contributed by atoms with E-state index in [4.69, 9.17) is 9.72 Å². The molecule has 0 bridgehead atoms. The summed E-state index contributed by atoms with van der Waals surface area (Å²) < 4.78 is 7.41. The first-order valence-corrected chi connectivity index (χ1v) is 9.36. The minimum Gasteiger partial charge on any atom is -0.480 e. The Morgan fingerprint density at radius 2 is 1.82 bits per heavy atom. The van der Waals surface area contributed by atoms with Gasteiger partial charge in [-0.05, 0) is 30.5 Å². The van der Waals surface area contributed by atoms with Crippen molar-refractivity contribution >= 4 is 11.2 Å². The van der Waals surface area contributed by atoms with Crippen LogP contribution in [0.3, 0.4) is 0 Å². The fraction of sp³-hybridized carbons (Fsp3) is 0.273. The van der Waals surface area contributed by atoms with Crippen LogP contribution in [-0.2, 0) is 6.54 Å². The summed E-state index contributed by atoms with van der Waals surface area (Å²) in [5.41, 5.74) is 6.14. The Morgan fingerprint density at radius 1 is 1.04 bits per heavy atom. The number of aryl methyl sites for hydroxylation is 1. The van der Waals surface area contributed by atoms with E-state index in [0.29, 0.717) is 18.3 Å². The van der Waals surface area contributed by atoms with Crippen molar-refractivity contribution in [2.24, 2.45) is 0 Å². The molecule has 3 heterocycles. The summed E-state index contributed by atoms with van der Waals surface area (Å²) >= 11 is 0. The van der Waals surface area contributed by atoms with Crippen molar-refractivity contribution in [3.63, 3.8) is 0 Å². The lowest BCUT2D eigenvalue weighted by Gasteiger charge is -2.11. The highest BCUT2D eigenvalue weighted by molar-refractivity contribution is 5.77. The second kappa shape index (κ2) is 7.38. The molecule has 0 aliphatic rings. The largest absolute Gasteiger partial charge is 0.480 e. The van der Waals surface area contributed by atoms with Crippen molar-refractivity contribution in [3.8, 4) is 17.1 Å². The van der Waals surface area contributed by atoms with Gasteiger partial charge >= 0.3 is 0 Å². The predicted octanol–water partition coefficient (Wildman–Crippen LogP) is 4.38. The fourth-order valence-corrected chi connectivity index (χ4v) is 3.21. The van der Waals surface area contributed by atoms with Gasteiger partial charge in [-0.3, -0.25) is 0 Å². The molecule has 4 aromatic rings. The van der Waals surface area contributed by atoms with Gasteiger partial charge in [0.1, 0.15) is 5.52 Å². The minimum absolute atomic E-state index is 0.329. The molecule has 1 aromatic carbocycles. The number of rotatable bonds is 5. The van der Waals surface area contributed by atoms with E-state index in [1.165, 1.54) is 5.56 Å². The van der Waals surface area contributed by atoms with E-state index < -0.39 is 0 Å². The Hall–Kier alpha value is -3.28. The van der Waals surface area contributed by atoms with Gasteiger partial charge < -0.3 is 4.74 Å². The molecular formula is C22H23N5O. The molecule has 0 saturated carbocycles. The van der Waals surface area contributed by atoms with Crippen LogP contribution in [0.15, 0.2) is 48.7 Å². The monoisotopic (exact) mass is 373 g/mol. The lowest BCUT2D eigenvalue weighted by Crippen LogP contribution is -2.03. The number of methoxy groups -OCH3 is 1. The first-order valence-electron chi connectivity index (χ1n) is 9.36. The first kappa shape index (κ1) is 18.1. The number of hydrogen-bond donors (Lipinski definition) is 0. The molecule has 0 atom stereocenters. The Labute approximate surface area is 164 Å². The van der Waals surface area contributed by atoms with Crippen molar-refractivity contribution in [2.45, 2.75) is 33.2 Å². The third-order valence-electron chi connectivity index (χ3n) is 4.73. The Bertz CT molecular complexity index is 1120. The molecule has 0 aliphatic heterocycles. The lowest BCUT2D eigenvalue weighted by molar-refractivity contribution is 0.397. The minimum atomic E-state index is 0.329. The number of ether oxygens (including phenoxy) is 1. The summed E-state index contributed by atoms with van der Waals surface area (Å²) in [6.45, 7) is 6.84. The average Bonchev–Trinajstić information content (AvgIpc) is 3.03. The highest BCUT2D eigenvalue weighted by Gasteiger charge is 2.16. The van der Waals surface area contributed by atoms with Crippen LogP contribution in [0.2, 0.25) is 0 Å². The molecule has 6 nitrogen and oxygen atoms in total. The van der Waals surface area contributed by atoms with Gasteiger partial charge in [0.15, 0.2) is 5.65 Å². The van der Waals surface area contributed by atoms with E-state index in [-0.39, 0.29) is 0 Å². The smallest absolute Gasteiger partial charge is 0.222 e. The van der Waals surface area contributed by atoms with Crippen LogP contribution in [0.1, 0.15) is 36.7 Å². The van der Waals surface area contributed by atoms with Gasteiger partial charge in [0, 0.05) is 5.69 Å². The zero-order chi connectivity index (χ0) is 19.7. The topological polar surface area (TPSA) is 65.7 Å². The summed E-state index contributed by atoms with van der Waals surface area (Å²) in [4.78, 5) is 14.1. The highest BCUT2D eigenvalue weighted by Crippen LogP contribution is 2.30. The summed E-state index contributed by atoms with van der Waals surface area (Å²) in [5, 5.41) is 4.64. The van der Waals surface area contributed by atoms with E-state index in [9.17, 15) is 0 Å². The molecule has 0 saturated heterocycles. The third kappa shape index (κ3) is 3.33. The van der Waals surface area contributed by atoms with Crippen LogP contribution in [0.5, 0.6) is 5.88 Å². The number of hydrogen-bond acceptors (Lipinski definition) is 5. The van der Waals surface area contributed by atoms with Gasteiger partial charge in [0.25, 0.3) is 0 Å². The Morgan fingerprint density at radius 3 is 2.54 bits per heavy atom. The van der Waals surface area contributed by atoms with Crippen LogP contribution in [0, 0.1) is 6.92 Å². The third-order valence-corrected chi connectivity index (χ3v) is 4.73. The Balaban J connectivity index is 1.76. The molecule has 28 heavy (non-hydrogen) atoms. The standard InChI is InChI=1S/C22H23N5O/c1-14(2)18-11-10-17(22(25-18)28-4)19-12-23-21-20(24-19)15(3)26-27(21)13-16-8-6-5-7-9-16/h5-12,14H,13H2,1-4H3. The summed E-state index contributed by atoms with van der Waals surface area (Å²) in [7, 11) is 1.63. The van der Waals surface area contributed by atoms with Crippen molar-refractivity contribution in [1.29, 1.82) is 0 Å². The predicted molar refractivity (Wildman–Crippen MR) is 109 cm³/mol. The van der Waals surface area contributed by atoms with Crippen LogP contribution >= 0.6 is 0 Å². The molecule has 6 heteroatoms. The fourth-order valence-electron chi connectivity index (χ4n) is 3.21. The van der Waals surface area contributed by atoms with Crippen molar-refractivity contribution < 1.29 is 4.74 Å². The second-order valence-electron chi connectivity index (χ2n) is 7.10. The maximum atomic E-state index is 5.52. The molecule has 0 N–H and O–H groups in total. The molecule has 4 rings (SSSR count). The number of fused-ring (bicyclic) bond motifs is 1. The summed E-state index contributed by atoms with van der Waals surface area (Å²) in [6, 6.07) is 14.2. The van der Waals surface area contributed by atoms with Crippen molar-refractivity contribution in [2.75, 3.05) is 7.11 Å². The SMILES string of the molecule is COc1nc(C(C)C)ccc1-c1cnc2c(n1)c(C)nn2Cc1ccccc1. The zero-order valence-corrected chi connectivity index (χ0v) is 16.5. The molecule has 0 amide bonds. The van der Waals surface area contributed by atoms with Gasteiger partial charge in [-0.1, -0.05) is 44.2 Å². The van der Waals surface area contributed by atoms with Gasteiger partial charge in [0.05, 0.1) is 36.8 Å². The molecule has 0 spiro atoms. The summed E-state index contributed by atoms with van der Waals surface area (Å²) in [6.07, 6.45) is 1.76. The van der Waals surface area contributed by atoms with E-state index in [2.05, 4.69) is 41.0 Å². The maximum absolute atomic E-state index is 5.52. The average molecular weight is 373 g/mol. The molecular weight excluding hydrogens is 350 g/mol. The normalized spacial score (nSPS) is 11.3. The molecule has 0 radical (unpaired) electrons. The highest BCUT2D eigenvalue weighted by atomic mass is 16.5. The number of nitrogens with zero attached hydrogens (tertiary/aromatic N) is 5. The molecule has 0 unspecified atom stereocenters. The lowest BCUT2D eigenvalue weighted by atomic mass is 10.1. The van der Waals surface area contributed by atoms with E-state index in [1.54, 1.807) is 13.3 Å². The molecule has 0 aliphatic carbocycles. The quantitative estimate of drug-likeness (QED) is 0.519. The van der Waals surface area contributed by atoms with Crippen LogP contribution in [-0.4, -0.2) is 31.8 Å². The van der Waals surface area contributed by atoms with Gasteiger partial charge in [-0.2, -0.15) is 5.10 Å². The number of pyridine rings is 1. The zero-order valence-electron chi connectivity index (χ0n) is 16.5. The molecule has 3 aromatic heterocycles. The number of aromatic nitrogens is 5. The van der Waals surface area contributed by atoms with Crippen molar-refractivity contribution in [1.82, 2.24) is 24.7 Å². The van der Waals surface area contributed by atoms with Crippen LogP contribution in [0.25, 0.3) is 22.4 Å². The maximum Gasteiger partial charge on any atom is 0.222 e. The van der Waals surface area contributed by atoms with E-state index in [1.807, 2.05) is 41.9 Å². The first-order chi connectivity index (χ1) is 13.6. The Kier molecular flexibility index (Phi) is 4.77. The molecule has 0 fully saturated rings. The van der Waals surface area contributed by atoms with E-state index >= 15 is 0 Å². The summed E-state index contributed by atoms with van der Waals surface area (Å²) in [5.74, 6) is 0.893. The number of benzene rings is 1. The van der Waals surface area contributed by atoms with Gasteiger partial charge in [-0.25, -0.2) is 19.6 Å². The molecule has 142 valence electrons. The second-order valence-corrected chi connectivity index (χ2v) is 7.10. The van der Waals surface area contributed by atoms with Crippen molar-refractivity contribution in [3.05, 3.63) is 65.6 Å². The van der Waals surface area contributed by atoms with Crippen LogP contribution < -0.4 is 4.74 Å².